The third kappa shape index (κ3) is 2.01. The fourth-order valence-corrected chi connectivity index (χ4v) is 0.944. The lowest BCUT2D eigenvalue weighted by atomic mass is 10.1. The van der Waals surface area contributed by atoms with Gasteiger partial charge in [-0.25, -0.2) is 0 Å². The summed E-state index contributed by atoms with van der Waals surface area (Å²) in [5, 5.41) is 0. The van der Waals surface area contributed by atoms with Crippen LogP contribution in [0.15, 0.2) is 24.5 Å². The summed E-state index contributed by atoms with van der Waals surface area (Å²) < 4.78 is 85.7. The van der Waals surface area contributed by atoms with Gasteiger partial charge in [-0.1, -0.05) is 0 Å². The van der Waals surface area contributed by atoms with Gasteiger partial charge in [0.2, 0.25) is 0 Å². The summed E-state index contributed by atoms with van der Waals surface area (Å²) in [4.78, 5) is 10.9. The van der Waals surface area contributed by atoms with Gasteiger partial charge in [-0.3, -0.25) is 9.36 Å². The Labute approximate surface area is 89.6 Å². The van der Waals surface area contributed by atoms with E-state index in [4.69, 9.17) is 0 Å². The Morgan fingerprint density at radius 2 is 1.29 bits per heavy atom. The maximum absolute atomic E-state index is 12.8. The number of alkyl halides is 7. The molecule has 0 atom stereocenters. The molecule has 0 aliphatic carbocycles. The van der Waals surface area contributed by atoms with Gasteiger partial charge < -0.3 is 0 Å². The Morgan fingerprint density at radius 1 is 0.882 bits per heavy atom. The van der Waals surface area contributed by atoms with Crippen molar-refractivity contribution in [1.82, 2.24) is 4.57 Å². The van der Waals surface area contributed by atoms with Crippen molar-refractivity contribution in [2.75, 3.05) is 0 Å². The molecule has 1 aromatic heterocycles. The molecule has 96 valence electrons. The van der Waals surface area contributed by atoms with Gasteiger partial charge in [-0.2, -0.15) is 30.7 Å². The average Bonchev–Trinajstić information content (AvgIpc) is 2.66. The SMILES string of the molecule is O=C(n1cccc1)C(F)(F)C(F)(F)C(F)(F)F. The van der Waals surface area contributed by atoms with Crippen molar-refractivity contribution in [2.24, 2.45) is 0 Å². The number of nitrogens with zero attached hydrogens (tertiary/aromatic N) is 1. The van der Waals surface area contributed by atoms with Crippen molar-refractivity contribution < 1.29 is 35.5 Å². The van der Waals surface area contributed by atoms with Crippen molar-refractivity contribution in [3.8, 4) is 0 Å². The van der Waals surface area contributed by atoms with E-state index in [9.17, 15) is 35.5 Å². The molecular formula is C8H4F7NO. The minimum Gasteiger partial charge on any atom is -0.289 e. The Hall–Kier alpha value is -1.54. The highest BCUT2D eigenvalue weighted by atomic mass is 19.4. The maximum atomic E-state index is 12.8. The van der Waals surface area contributed by atoms with Crippen LogP contribution in [0, 0.1) is 0 Å². The van der Waals surface area contributed by atoms with Gasteiger partial charge in [0.05, 0.1) is 0 Å². The van der Waals surface area contributed by atoms with Crippen LogP contribution < -0.4 is 0 Å². The monoisotopic (exact) mass is 263 g/mol. The highest BCUT2D eigenvalue weighted by molar-refractivity contribution is 5.87. The van der Waals surface area contributed by atoms with Crippen LogP contribution in [0.25, 0.3) is 0 Å². The van der Waals surface area contributed by atoms with Gasteiger partial charge in [0.25, 0.3) is 0 Å². The number of rotatable bonds is 2. The van der Waals surface area contributed by atoms with E-state index in [1.54, 1.807) is 0 Å². The molecule has 1 rings (SSSR count). The summed E-state index contributed by atoms with van der Waals surface area (Å²) in [5.74, 6) is -14.9. The standard InChI is InChI=1S/C8H4F7NO/c9-6(10,7(11,12)8(13,14)15)5(17)16-3-1-2-4-16/h1-4H. The minimum atomic E-state index is -6.51. The zero-order chi connectivity index (χ0) is 13.5. The number of carbonyl (C=O) groups excluding carboxylic acids is 1. The second-order valence-electron chi connectivity index (χ2n) is 3.04. The van der Waals surface area contributed by atoms with Crippen LogP contribution in [-0.4, -0.2) is 28.5 Å². The van der Waals surface area contributed by atoms with E-state index in [0.29, 0.717) is 12.4 Å². The summed E-state index contributed by atoms with van der Waals surface area (Å²) in [7, 11) is 0. The topological polar surface area (TPSA) is 22.0 Å². The van der Waals surface area contributed by atoms with Gasteiger partial charge in [0, 0.05) is 12.4 Å². The van der Waals surface area contributed by atoms with E-state index in [1.165, 1.54) is 0 Å². The Kier molecular flexibility index (Phi) is 2.98. The fourth-order valence-electron chi connectivity index (χ4n) is 0.944. The molecule has 0 radical (unpaired) electrons. The largest absolute Gasteiger partial charge is 0.460 e. The van der Waals surface area contributed by atoms with Crippen LogP contribution in [0.1, 0.15) is 4.79 Å². The highest BCUT2D eigenvalue weighted by Crippen LogP contribution is 2.47. The first kappa shape index (κ1) is 13.5. The third-order valence-electron chi connectivity index (χ3n) is 1.86. The van der Waals surface area contributed by atoms with Crippen LogP contribution in [0.3, 0.4) is 0 Å². The van der Waals surface area contributed by atoms with Crippen LogP contribution in [0.4, 0.5) is 30.7 Å². The fraction of sp³-hybridized carbons (Fsp3) is 0.375. The first-order valence-electron chi connectivity index (χ1n) is 4.02. The van der Waals surface area contributed by atoms with Gasteiger partial charge in [0.15, 0.2) is 0 Å². The summed E-state index contributed by atoms with van der Waals surface area (Å²) in [6, 6.07) is 2.05. The Balaban J connectivity index is 3.16. The van der Waals surface area contributed by atoms with Crippen LogP contribution in [-0.2, 0) is 0 Å². The van der Waals surface area contributed by atoms with Crippen LogP contribution >= 0.6 is 0 Å². The summed E-state index contributed by atoms with van der Waals surface area (Å²) in [6.45, 7) is 0. The van der Waals surface area contributed by atoms with E-state index < -0.39 is 23.9 Å². The molecule has 17 heavy (non-hydrogen) atoms. The molecule has 0 aliphatic heterocycles. The summed E-state index contributed by atoms with van der Waals surface area (Å²) in [6.07, 6.45) is -5.23. The zero-order valence-electron chi connectivity index (χ0n) is 7.81. The number of hydrogen-bond donors (Lipinski definition) is 0. The molecule has 0 unspecified atom stereocenters. The van der Waals surface area contributed by atoms with Gasteiger partial charge in [-0.05, 0) is 12.1 Å². The predicted octanol–water partition coefficient (Wildman–Crippen LogP) is 2.96. The molecule has 0 bridgehead atoms. The third-order valence-corrected chi connectivity index (χ3v) is 1.86. The second-order valence-corrected chi connectivity index (χ2v) is 3.04. The number of carbonyl (C=O) groups is 1. The second kappa shape index (κ2) is 3.74. The minimum absolute atomic E-state index is 0.0420. The molecule has 0 spiro atoms. The number of aromatic nitrogens is 1. The lowest BCUT2D eigenvalue weighted by Crippen LogP contribution is -2.57. The molecule has 2 nitrogen and oxygen atoms in total. The van der Waals surface area contributed by atoms with E-state index in [-0.39, 0.29) is 4.57 Å². The van der Waals surface area contributed by atoms with Crippen molar-refractivity contribution >= 4 is 5.91 Å². The van der Waals surface area contributed by atoms with Crippen molar-refractivity contribution in [2.45, 2.75) is 18.0 Å². The molecular weight excluding hydrogens is 259 g/mol. The quantitative estimate of drug-likeness (QED) is 0.752. The molecule has 0 N–H and O–H groups in total. The molecule has 1 heterocycles. The number of halogens is 7. The molecule has 0 saturated carbocycles. The smallest absolute Gasteiger partial charge is 0.289 e. The Bertz CT molecular complexity index is 406. The first-order chi connectivity index (χ1) is 7.52. The van der Waals surface area contributed by atoms with E-state index in [0.717, 1.165) is 12.1 Å². The molecule has 1 aromatic rings. The molecule has 0 amide bonds. The molecule has 0 aromatic carbocycles. The first-order valence-corrected chi connectivity index (χ1v) is 4.02. The average molecular weight is 263 g/mol. The molecule has 0 fully saturated rings. The Morgan fingerprint density at radius 3 is 1.65 bits per heavy atom. The van der Waals surface area contributed by atoms with Crippen LogP contribution in [0.5, 0.6) is 0 Å². The molecule has 0 saturated heterocycles. The lowest BCUT2D eigenvalue weighted by molar-refractivity contribution is -0.340. The van der Waals surface area contributed by atoms with E-state index >= 15 is 0 Å². The van der Waals surface area contributed by atoms with Gasteiger partial charge >= 0.3 is 23.9 Å². The maximum Gasteiger partial charge on any atom is 0.460 e. The van der Waals surface area contributed by atoms with E-state index in [1.807, 2.05) is 0 Å². The molecule has 0 aliphatic rings. The van der Waals surface area contributed by atoms with Gasteiger partial charge in [-0.15, -0.1) is 0 Å². The predicted molar refractivity (Wildman–Crippen MR) is 41.0 cm³/mol. The van der Waals surface area contributed by atoms with Crippen molar-refractivity contribution in [3.05, 3.63) is 24.5 Å². The normalized spacial score (nSPS) is 13.8. The highest BCUT2D eigenvalue weighted by Gasteiger charge is 2.76. The van der Waals surface area contributed by atoms with Crippen molar-refractivity contribution in [3.63, 3.8) is 0 Å². The lowest BCUT2D eigenvalue weighted by Gasteiger charge is -2.26. The summed E-state index contributed by atoms with van der Waals surface area (Å²) in [5.41, 5.74) is 0. The molecule has 9 heteroatoms. The van der Waals surface area contributed by atoms with Crippen LogP contribution in [0.2, 0.25) is 0 Å². The zero-order valence-corrected chi connectivity index (χ0v) is 7.81. The number of hydrogen-bond acceptors (Lipinski definition) is 1. The van der Waals surface area contributed by atoms with Crippen molar-refractivity contribution in [1.29, 1.82) is 0 Å². The van der Waals surface area contributed by atoms with Gasteiger partial charge in [0.1, 0.15) is 0 Å². The van der Waals surface area contributed by atoms with E-state index in [2.05, 4.69) is 0 Å². The summed E-state index contributed by atoms with van der Waals surface area (Å²) >= 11 is 0.